The molecule has 19 heavy (non-hydrogen) atoms. The SMILES string of the molecule is CC(c1nc2ccccc2[nH]1)N1CC2C(CN)C2C1. The van der Waals surface area contributed by atoms with Crippen molar-refractivity contribution in [1.29, 1.82) is 0 Å². The van der Waals surface area contributed by atoms with Crippen molar-refractivity contribution in [2.45, 2.75) is 13.0 Å². The first-order valence-corrected chi connectivity index (χ1v) is 7.16. The third-order valence-corrected chi connectivity index (χ3v) is 5.02. The monoisotopic (exact) mass is 256 g/mol. The molecule has 2 aliphatic rings. The number of fused-ring (bicyclic) bond motifs is 2. The van der Waals surface area contributed by atoms with Gasteiger partial charge in [0, 0.05) is 13.1 Å². The Hall–Kier alpha value is -1.39. The van der Waals surface area contributed by atoms with Crippen LogP contribution in [0.1, 0.15) is 18.8 Å². The van der Waals surface area contributed by atoms with E-state index >= 15 is 0 Å². The minimum Gasteiger partial charge on any atom is -0.341 e. The smallest absolute Gasteiger partial charge is 0.124 e. The minimum atomic E-state index is 0.374. The number of hydrogen-bond donors (Lipinski definition) is 2. The fraction of sp³-hybridized carbons (Fsp3) is 0.533. The Bertz CT molecular complexity index is 560. The molecular weight excluding hydrogens is 236 g/mol. The zero-order valence-electron chi connectivity index (χ0n) is 11.2. The van der Waals surface area contributed by atoms with E-state index in [1.165, 1.54) is 13.1 Å². The fourth-order valence-corrected chi connectivity index (χ4v) is 3.69. The first-order chi connectivity index (χ1) is 9.28. The lowest BCUT2D eigenvalue weighted by Crippen LogP contribution is -2.29. The molecule has 3 N–H and O–H groups in total. The normalized spacial score (nSPS) is 31.6. The molecule has 2 heterocycles. The van der Waals surface area contributed by atoms with Crippen molar-refractivity contribution in [2.24, 2.45) is 23.5 Å². The molecule has 3 atom stereocenters. The van der Waals surface area contributed by atoms with Crippen molar-refractivity contribution in [1.82, 2.24) is 14.9 Å². The van der Waals surface area contributed by atoms with Crippen LogP contribution in [0.4, 0.5) is 0 Å². The van der Waals surface area contributed by atoms with Crippen LogP contribution in [0, 0.1) is 17.8 Å². The Kier molecular flexibility index (Phi) is 2.44. The number of aromatic amines is 1. The van der Waals surface area contributed by atoms with E-state index in [-0.39, 0.29) is 0 Å². The van der Waals surface area contributed by atoms with E-state index in [0.29, 0.717) is 6.04 Å². The zero-order valence-corrected chi connectivity index (χ0v) is 11.2. The van der Waals surface area contributed by atoms with Crippen molar-refractivity contribution >= 4 is 11.0 Å². The molecule has 1 aliphatic heterocycles. The fourth-order valence-electron chi connectivity index (χ4n) is 3.69. The highest BCUT2D eigenvalue weighted by molar-refractivity contribution is 5.74. The Labute approximate surface area is 113 Å². The number of benzene rings is 1. The topological polar surface area (TPSA) is 57.9 Å². The second-order valence-electron chi connectivity index (χ2n) is 6.00. The van der Waals surface area contributed by atoms with Crippen LogP contribution in [0.15, 0.2) is 24.3 Å². The molecule has 4 nitrogen and oxygen atoms in total. The number of likely N-dealkylation sites (tertiary alicyclic amines) is 1. The van der Waals surface area contributed by atoms with Crippen LogP contribution in [0.3, 0.4) is 0 Å². The average Bonchev–Trinajstić information content (AvgIpc) is 2.84. The van der Waals surface area contributed by atoms with Gasteiger partial charge in [0.05, 0.1) is 17.1 Å². The van der Waals surface area contributed by atoms with Crippen molar-refractivity contribution in [3.05, 3.63) is 30.1 Å². The van der Waals surface area contributed by atoms with Crippen LogP contribution >= 0.6 is 0 Å². The van der Waals surface area contributed by atoms with E-state index in [1.807, 2.05) is 12.1 Å². The van der Waals surface area contributed by atoms with Gasteiger partial charge in [-0.2, -0.15) is 0 Å². The largest absolute Gasteiger partial charge is 0.341 e. The molecule has 1 saturated carbocycles. The summed E-state index contributed by atoms with van der Waals surface area (Å²) in [4.78, 5) is 10.7. The predicted octanol–water partition coefficient (Wildman–Crippen LogP) is 1.76. The van der Waals surface area contributed by atoms with E-state index < -0.39 is 0 Å². The molecule has 2 aromatic rings. The number of hydrogen-bond acceptors (Lipinski definition) is 3. The third kappa shape index (κ3) is 1.70. The zero-order chi connectivity index (χ0) is 13.0. The molecule has 1 saturated heterocycles. The van der Waals surface area contributed by atoms with Crippen LogP contribution in [0.2, 0.25) is 0 Å². The van der Waals surface area contributed by atoms with Gasteiger partial charge in [-0.15, -0.1) is 0 Å². The summed E-state index contributed by atoms with van der Waals surface area (Å²) in [6.07, 6.45) is 0. The van der Waals surface area contributed by atoms with Gasteiger partial charge in [0.15, 0.2) is 0 Å². The highest BCUT2D eigenvalue weighted by atomic mass is 15.2. The third-order valence-electron chi connectivity index (χ3n) is 5.02. The number of imidazole rings is 1. The maximum atomic E-state index is 5.77. The van der Waals surface area contributed by atoms with E-state index in [0.717, 1.165) is 41.2 Å². The molecule has 100 valence electrons. The number of H-pyrrole nitrogens is 1. The van der Waals surface area contributed by atoms with Gasteiger partial charge in [-0.1, -0.05) is 12.1 Å². The summed E-state index contributed by atoms with van der Waals surface area (Å²) in [7, 11) is 0. The van der Waals surface area contributed by atoms with Crippen molar-refractivity contribution in [3.63, 3.8) is 0 Å². The molecule has 4 rings (SSSR count). The number of piperidine rings is 1. The molecule has 0 amide bonds. The van der Waals surface area contributed by atoms with Crippen molar-refractivity contribution in [3.8, 4) is 0 Å². The van der Waals surface area contributed by atoms with E-state index in [4.69, 9.17) is 10.7 Å². The number of para-hydroxylation sites is 2. The van der Waals surface area contributed by atoms with Crippen LogP contribution in [-0.4, -0.2) is 34.5 Å². The molecule has 1 aliphatic carbocycles. The summed E-state index contributed by atoms with van der Waals surface area (Å²) in [6.45, 7) is 5.48. The Morgan fingerprint density at radius 1 is 1.37 bits per heavy atom. The van der Waals surface area contributed by atoms with Crippen molar-refractivity contribution in [2.75, 3.05) is 19.6 Å². The maximum Gasteiger partial charge on any atom is 0.124 e. The lowest BCUT2D eigenvalue weighted by molar-refractivity contribution is 0.217. The molecule has 0 bridgehead atoms. The molecule has 1 aromatic heterocycles. The molecule has 1 aromatic carbocycles. The predicted molar refractivity (Wildman–Crippen MR) is 75.6 cm³/mol. The first-order valence-electron chi connectivity index (χ1n) is 7.16. The van der Waals surface area contributed by atoms with Crippen LogP contribution < -0.4 is 5.73 Å². The number of rotatable bonds is 3. The standard InChI is InChI=1S/C15H20N4/c1-9(19-7-11-10(6-16)12(11)8-19)15-17-13-4-2-3-5-14(13)18-15/h2-5,9-12H,6-8,16H2,1H3,(H,17,18). The van der Waals surface area contributed by atoms with E-state index in [9.17, 15) is 0 Å². The summed E-state index contributed by atoms with van der Waals surface area (Å²) >= 11 is 0. The van der Waals surface area contributed by atoms with Crippen LogP contribution in [-0.2, 0) is 0 Å². The lowest BCUT2D eigenvalue weighted by Gasteiger charge is -2.25. The van der Waals surface area contributed by atoms with E-state index in [1.54, 1.807) is 0 Å². The highest BCUT2D eigenvalue weighted by Crippen LogP contribution is 2.52. The molecular formula is C15H20N4. The Balaban J connectivity index is 1.53. The van der Waals surface area contributed by atoms with Crippen LogP contribution in [0.5, 0.6) is 0 Å². The molecule has 0 spiro atoms. The molecule has 3 unspecified atom stereocenters. The molecule has 4 heteroatoms. The average molecular weight is 256 g/mol. The summed E-state index contributed by atoms with van der Waals surface area (Å²) in [5.41, 5.74) is 7.97. The van der Waals surface area contributed by atoms with Gasteiger partial charge >= 0.3 is 0 Å². The number of nitrogens with one attached hydrogen (secondary N) is 1. The van der Waals surface area contributed by atoms with Gasteiger partial charge in [0.25, 0.3) is 0 Å². The first kappa shape index (κ1) is 11.4. The quantitative estimate of drug-likeness (QED) is 0.879. The van der Waals surface area contributed by atoms with Gasteiger partial charge in [-0.25, -0.2) is 4.98 Å². The molecule has 2 fully saturated rings. The number of nitrogens with zero attached hydrogens (tertiary/aromatic N) is 2. The maximum absolute atomic E-state index is 5.77. The number of aromatic nitrogens is 2. The summed E-state index contributed by atoms with van der Waals surface area (Å²) < 4.78 is 0. The van der Waals surface area contributed by atoms with Gasteiger partial charge in [0.2, 0.25) is 0 Å². The Morgan fingerprint density at radius 2 is 2.11 bits per heavy atom. The van der Waals surface area contributed by atoms with Crippen LogP contribution in [0.25, 0.3) is 11.0 Å². The molecule has 0 radical (unpaired) electrons. The number of nitrogens with two attached hydrogens (primary N) is 1. The van der Waals surface area contributed by atoms with Gasteiger partial charge < -0.3 is 10.7 Å². The Morgan fingerprint density at radius 3 is 2.79 bits per heavy atom. The second kappa shape index (κ2) is 4.05. The summed E-state index contributed by atoms with van der Waals surface area (Å²) in [6, 6.07) is 8.61. The van der Waals surface area contributed by atoms with E-state index in [2.05, 4.69) is 28.9 Å². The van der Waals surface area contributed by atoms with Gasteiger partial charge in [0.1, 0.15) is 5.82 Å². The second-order valence-corrected chi connectivity index (χ2v) is 6.00. The minimum absolute atomic E-state index is 0.374. The highest BCUT2D eigenvalue weighted by Gasteiger charge is 2.55. The van der Waals surface area contributed by atoms with Gasteiger partial charge in [-0.3, -0.25) is 4.90 Å². The summed E-state index contributed by atoms with van der Waals surface area (Å²) in [5, 5.41) is 0. The van der Waals surface area contributed by atoms with Crippen molar-refractivity contribution < 1.29 is 0 Å². The lowest BCUT2D eigenvalue weighted by atomic mass is 10.2. The van der Waals surface area contributed by atoms with Gasteiger partial charge in [-0.05, 0) is 43.4 Å². The summed E-state index contributed by atoms with van der Waals surface area (Å²) in [5.74, 6) is 3.57.